The summed E-state index contributed by atoms with van der Waals surface area (Å²) in [6.07, 6.45) is 5.46. The molecule has 1 fully saturated rings. The third-order valence-corrected chi connectivity index (χ3v) is 3.63. The van der Waals surface area contributed by atoms with Crippen molar-refractivity contribution in [3.8, 4) is 0 Å². The molecule has 0 aliphatic carbocycles. The van der Waals surface area contributed by atoms with E-state index in [1.807, 2.05) is 11.8 Å². The van der Waals surface area contributed by atoms with Crippen molar-refractivity contribution < 1.29 is 9.53 Å². The largest absolute Gasteiger partial charge is 0.469 e. The van der Waals surface area contributed by atoms with Crippen LogP contribution in [0.2, 0.25) is 0 Å². The van der Waals surface area contributed by atoms with Crippen LogP contribution in [-0.4, -0.2) is 24.1 Å². The molecule has 0 bridgehead atoms. The fraction of sp³-hybridized carbons (Fsp3) is 0.889. The lowest BCUT2D eigenvalue weighted by molar-refractivity contribution is -0.140. The molecular formula is C9H16O2S. The quantitative estimate of drug-likeness (QED) is 0.633. The molecule has 0 spiro atoms. The number of esters is 1. The Balaban J connectivity index is 1.97. The second kappa shape index (κ2) is 5.46. The van der Waals surface area contributed by atoms with Crippen LogP contribution < -0.4 is 0 Å². The van der Waals surface area contributed by atoms with Gasteiger partial charge in [-0.25, -0.2) is 0 Å². The number of rotatable bonds is 4. The number of hydrogen-bond acceptors (Lipinski definition) is 3. The van der Waals surface area contributed by atoms with Gasteiger partial charge in [-0.05, 0) is 31.4 Å². The van der Waals surface area contributed by atoms with Gasteiger partial charge >= 0.3 is 5.97 Å². The van der Waals surface area contributed by atoms with Crippen molar-refractivity contribution in [2.75, 3.05) is 12.9 Å². The zero-order chi connectivity index (χ0) is 8.81. The fourth-order valence-corrected chi connectivity index (χ4v) is 2.78. The van der Waals surface area contributed by atoms with Gasteiger partial charge in [0.05, 0.1) is 7.11 Å². The molecule has 1 rings (SSSR count). The Kier molecular flexibility index (Phi) is 4.51. The topological polar surface area (TPSA) is 26.3 Å². The second-order valence-electron chi connectivity index (χ2n) is 3.10. The lowest BCUT2D eigenvalue weighted by Crippen LogP contribution is -2.02. The van der Waals surface area contributed by atoms with Crippen molar-refractivity contribution in [2.24, 2.45) is 0 Å². The minimum Gasteiger partial charge on any atom is -0.469 e. The van der Waals surface area contributed by atoms with Gasteiger partial charge in [0, 0.05) is 11.7 Å². The van der Waals surface area contributed by atoms with Crippen LogP contribution in [0.4, 0.5) is 0 Å². The number of thioether (sulfide) groups is 1. The van der Waals surface area contributed by atoms with Gasteiger partial charge in [-0.2, -0.15) is 11.8 Å². The highest BCUT2D eigenvalue weighted by Gasteiger charge is 2.15. The van der Waals surface area contributed by atoms with Crippen molar-refractivity contribution >= 4 is 17.7 Å². The molecule has 70 valence electrons. The molecule has 2 nitrogen and oxygen atoms in total. The van der Waals surface area contributed by atoms with Gasteiger partial charge in [-0.15, -0.1) is 0 Å². The van der Waals surface area contributed by atoms with Crippen molar-refractivity contribution in [3.05, 3.63) is 0 Å². The molecule has 0 aromatic rings. The van der Waals surface area contributed by atoms with Crippen LogP contribution >= 0.6 is 11.8 Å². The van der Waals surface area contributed by atoms with Crippen LogP contribution in [0.1, 0.15) is 32.1 Å². The highest BCUT2D eigenvalue weighted by Crippen LogP contribution is 2.29. The molecule has 0 radical (unpaired) electrons. The maximum Gasteiger partial charge on any atom is 0.305 e. The number of carbonyl (C=O) groups excluding carboxylic acids is 1. The molecule has 1 unspecified atom stereocenters. The van der Waals surface area contributed by atoms with Gasteiger partial charge in [-0.1, -0.05) is 0 Å². The molecule has 0 aromatic heterocycles. The van der Waals surface area contributed by atoms with Gasteiger partial charge in [0.1, 0.15) is 0 Å². The van der Waals surface area contributed by atoms with Crippen molar-refractivity contribution in [1.29, 1.82) is 0 Å². The van der Waals surface area contributed by atoms with Gasteiger partial charge in [0.15, 0.2) is 0 Å². The van der Waals surface area contributed by atoms with Crippen LogP contribution in [0.15, 0.2) is 0 Å². The van der Waals surface area contributed by atoms with Gasteiger partial charge in [0.2, 0.25) is 0 Å². The predicted octanol–water partition coefficient (Wildman–Crippen LogP) is 2.23. The van der Waals surface area contributed by atoms with E-state index >= 15 is 0 Å². The third kappa shape index (κ3) is 3.48. The first kappa shape index (κ1) is 9.90. The highest BCUT2D eigenvalue weighted by atomic mass is 32.2. The monoisotopic (exact) mass is 188 g/mol. The van der Waals surface area contributed by atoms with Crippen LogP contribution in [0.3, 0.4) is 0 Å². The minimum atomic E-state index is -0.0713. The molecule has 1 aliphatic heterocycles. The average Bonchev–Trinajstić information content (AvgIpc) is 2.57. The first-order valence-electron chi connectivity index (χ1n) is 4.51. The van der Waals surface area contributed by atoms with E-state index in [1.54, 1.807) is 0 Å². The summed E-state index contributed by atoms with van der Waals surface area (Å²) in [6.45, 7) is 0. The summed E-state index contributed by atoms with van der Waals surface area (Å²) in [4.78, 5) is 10.8. The van der Waals surface area contributed by atoms with E-state index in [9.17, 15) is 4.79 Å². The summed E-state index contributed by atoms with van der Waals surface area (Å²) in [5.74, 6) is 1.24. The fourth-order valence-electron chi connectivity index (χ4n) is 1.45. The molecule has 1 saturated heterocycles. The zero-order valence-corrected chi connectivity index (χ0v) is 8.36. The Morgan fingerprint density at radius 3 is 3.08 bits per heavy atom. The summed E-state index contributed by atoms with van der Waals surface area (Å²) in [6, 6.07) is 0. The van der Waals surface area contributed by atoms with E-state index in [2.05, 4.69) is 4.74 Å². The molecule has 0 N–H and O–H groups in total. The predicted molar refractivity (Wildman–Crippen MR) is 51.3 cm³/mol. The van der Waals surface area contributed by atoms with Crippen molar-refractivity contribution in [1.82, 2.24) is 0 Å². The Bertz CT molecular complexity index is 141. The summed E-state index contributed by atoms with van der Waals surface area (Å²) < 4.78 is 4.57. The molecule has 0 saturated carbocycles. The van der Waals surface area contributed by atoms with Crippen LogP contribution in [0, 0.1) is 0 Å². The Morgan fingerprint density at radius 1 is 1.67 bits per heavy atom. The maximum atomic E-state index is 10.8. The lowest BCUT2D eigenvalue weighted by atomic mass is 10.1. The van der Waals surface area contributed by atoms with Crippen LogP contribution in [0.5, 0.6) is 0 Å². The second-order valence-corrected chi connectivity index (χ2v) is 4.51. The first-order chi connectivity index (χ1) is 5.83. The van der Waals surface area contributed by atoms with Gasteiger partial charge in [-0.3, -0.25) is 4.79 Å². The Morgan fingerprint density at radius 2 is 2.50 bits per heavy atom. The maximum absolute atomic E-state index is 10.8. The van der Waals surface area contributed by atoms with Gasteiger partial charge < -0.3 is 4.74 Å². The zero-order valence-electron chi connectivity index (χ0n) is 7.54. The molecule has 0 amide bonds. The van der Waals surface area contributed by atoms with E-state index < -0.39 is 0 Å². The average molecular weight is 188 g/mol. The summed E-state index contributed by atoms with van der Waals surface area (Å²) in [5, 5.41) is 0.814. The smallest absolute Gasteiger partial charge is 0.305 e. The van der Waals surface area contributed by atoms with Crippen LogP contribution in [0.25, 0.3) is 0 Å². The lowest BCUT2D eigenvalue weighted by Gasteiger charge is -2.06. The Hall–Kier alpha value is -0.180. The summed E-state index contributed by atoms with van der Waals surface area (Å²) >= 11 is 2.05. The number of ether oxygens (including phenoxy) is 1. The summed E-state index contributed by atoms with van der Waals surface area (Å²) in [5.41, 5.74) is 0. The van der Waals surface area contributed by atoms with Gasteiger partial charge in [0.25, 0.3) is 0 Å². The standard InChI is InChI=1S/C9H16O2S/c1-11-9(10)6-2-4-8-5-3-7-12-8/h8H,2-7H2,1H3. The van der Waals surface area contributed by atoms with E-state index in [0.29, 0.717) is 6.42 Å². The summed E-state index contributed by atoms with van der Waals surface area (Å²) in [7, 11) is 1.45. The molecule has 0 aromatic carbocycles. The SMILES string of the molecule is COC(=O)CCCC1CCCS1. The van der Waals surface area contributed by atoms with Crippen LogP contribution in [-0.2, 0) is 9.53 Å². The Labute approximate surface area is 78.1 Å². The highest BCUT2D eigenvalue weighted by molar-refractivity contribution is 8.00. The molecule has 12 heavy (non-hydrogen) atoms. The normalized spacial score (nSPS) is 22.6. The minimum absolute atomic E-state index is 0.0713. The van der Waals surface area contributed by atoms with E-state index in [-0.39, 0.29) is 5.97 Å². The molecule has 1 atom stereocenters. The molecule has 1 aliphatic rings. The van der Waals surface area contributed by atoms with E-state index in [0.717, 1.165) is 11.7 Å². The molecule has 3 heteroatoms. The molecular weight excluding hydrogens is 172 g/mol. The van der Waals surface area contributed by atoms with E-state index in [1.165, 1.54) is 32.1 Å². The number of carbonyl (C=O) groups is 1. The third-order valence-electron chi connectivity index (χ3n) is 2.16. The number of methoxy groups -OCH3 is 1. The first-order valence-corrected chi connectivity index (χ1v) is 5.56. The van der Waals surface area contributed by atoms with Crippen molar-refractivity contribution in [3.63, 3.8) is 0 Å². The van der Waals surface area contributed by atoms with Crippen molar-refractivity contribution in [2.45, 2.75) is 37.4 Å². The molecule has 1 heterocycles. The van der Waals surface area contributed by atoms with E-state index in [4.69, 9.17) is 0 Å². The number of hydrogen-bond donors (Lipinski definition) is 0.